The van der Waals surface area contributed by atoms with Gasteiger partial charge in [0.25, 0.3) is 0 Å². The molecule has 0 radical (unpaired) electrons. The molecule has 0 aromatic heterocycles. The van der Waals surface area contributed by atoms with Crippen LogP contribution in [0.5, 0.6) is 0 Å². The lowest BCUT2D eigenvalue weighted by Crippen LogP contribution is -2.45. The second kappa shape index (κ2) is 7.86. The number of carbonyl (C=O) groups is 2. The summed E-state index contributed by atoms with van der Waals surface area (Å²) in [5.74, 6) is -0.651. The van der Waals surface area contributed by atoms with E-state index < -0.39 is 21.8 Å². The molecule has 0 aliphatic carbocycles. The number of rotatable bonds is 6. The van der Waals surface area contributed by atoms with Crippen molar-refractivity contribution in [2.45, 2.75) is 11.3 Å². The zero-order valence-electron chi connectivity index (χ0n) is 13.8. The highest BCUT2D eigenvalue weighted by Crippen LogP contribution is 2.46. The second-order valence-electron chi connectivity index (χ2n) is 5.98. The smallest absolute Gasteiger partial charge is 0.242 e. The van der Waals surface area contributed by atoms with Gasteiger partial charge in [-0.3, -0.25) is 9.59 Å². The van der Waals surface area contributed by atoms with Gasteiger partial charge >= 0.3 is 0 Å². The second-order valence-corrected chi connectivity index (χ2v) is 6.66. The molecule has 0 fully saturated rings. The lowest BCUT2D eigenvalue weighted by atomic mass is 9.66. The lowest BCUT2D eigenvalue weighted by molar-refractivity contribution is -0.126. The number of halogens is 2. The maximum Gasteiger partial charge on any atom is 0.242 e. The van der Waals surface area contributed by atoms with E-state index in [4.69, 9.17) is 23.2 Å². The number of benzene rings is 3. The van der Waals surface area contributed by atoms with Crippen LogP contribution < -0.4 is 0 Å². The molecule has 3 aromatic rings. The highest BCUT2D eigenvalue weighted by atomic mass is 35.5. The summed E-state index contributed by atoms with van der Waals surface area (Å²) in [5.41, 5.74) is 0.307. The van der Waals surface area contributed by atoms with Gasteiger partial charge in [0.15, 0.2) is 5.41 Å². The van der Waals surface area contributed by atoms with Gasteiger partial charge < -0.3 is 0 Å². The summed E-state index contributed by atoms with van der Waals surface area (Å²) >= 11 is 12.2. The van der Waals surface area contributed by atoms with E-state index in [1.54, 1.807) is 24.3 Å². The van der Waals surface area contributed by atoms with Crippen LogP contribution in [0.3, 0.4) is 0 Å². The van der Waals surface area contributed by atoms with Gasteiger partial charge in [0.1, 0.15) is 0 Å². The Morgan fingerprint density at radius 3 is 1.31 bits per heavy atom. The molecule has 0 atom stereocenters. The minimum Gasteiger partial charge on any atom is -0.280 e. The van der Waals surface area contributed by atoms with Crippen molar-refractivity contribution in [3.05, 3.63) is 108 Å². The Morgan fingerprint density at radius 2 is 0.962 bits per heavy atom. The van der Waals surface area contributed by atoms with E-state index in [-0.39, 0.29) is 0 Å². The summed E-state index contributed by atoms with van der Waals surface area (Å²) in [6, 6.07) is 27.4. The molecule has 0 saturated carbocycles. The zero-order valence-corrected chi connectivity index (χ0v) is 15.3. The first kappa shape index (κ1) is 18.4. The van der Waals surface area contributed by atoms with E-state index in [2.05, 4.69) is 0 Å². The molecule has 0 spiro atoms. The first-order valence-electron chi connectivity index (χ1n) is 8.13. The Hall–Kier alpha value is -2.42. The van der Waals surface area contributed by atoms with Gasteiger partial charge in [0, 0.05) is 5.92 Å². The molecule has 0 aliphatic rings. The van der Waals surface area contributed by atoms with E-state index >= 15 is 0 Å². The van der Waals surface area contributed by atoms with Crippen molar-refractivity contribution in [3.8, 4) is 0 Å². The quantitative estimate of drug-likeness (QED) is 0.428. The highest BCUT2D eigenvalue weighted by Gasteiger charge is 2.53. The molecule has 0 unspecified atom stereocenters. The summed E-state index contributed by atoms with van der Waals surface area (Å²) in [4.78, 5) is 25.5. The minimum atomic E-state index is -1.73. The summed E-state index contributed by atoms with van der Waals surface area (Å²) < 4.78 is 0. The Balaban J connectivity index is 2.37. The molecule has 130 valence electrons. The van der Waals surface area contributed by atoms with Crippen LogP contribution in [-0.4, -0.2) is 10.5 Å². The van der Waals surface area contributed by atoms with Crippen LogP contribution in [0, 0.1) is 0 Å². The summed E-state index contributed by atoms with van der Waals surface area (Å²) in [5, 5.41) is -1.61. The third-order valence-electron chi connectivity index (χ3n) is 4.55. The molecule has 0 heterocycles. The molecule has 0 saturated heterocycles. The zero-order chi connectivity index (χ0) is 18.6. The van der Waals surface area contributed by atoms with Crippen molar-refractivity contribution < 1.29 is 9.59 Å². The van der Waals surface area contributed by atoms with Gasteiger partial charge in [0.2, 0.25) is 10.5 Å². The lowest BCUT2D eigenvalue weighted by Gasteiger charge is -2.36. The van der Waals surface area contributed by atoms with Crippen LogP contribution in [0.15, 0.2) is 91.0 Å². The predicted octanol–water partition coefficient (Wildman–Crippen LogP) is 5.29. The van der Waals surface area contributed by atoms with Gasteiger partial charge in [-0.15, -0.1) is 0 Å². The van der Waals surface area contributed by atoms with E-state index in [0.717, 1.165) is 11.1 Å². The maximum atomic E-state index is 12.8. The fraction of sp³-hybridized carbons (Fsp3) is 0.0909. The summed E-state index contributed by atoms with van der Waals surface area (Å²) in [7, 11) is 0. The van der Waals surface area contributed by atoms with E-state index in [0.29, 0.717) is 5.56 Å². The van der Waals surface area contributed by atoms with Crippen LogP contribution in [0.4, 0.5) is 0 Å². The largest absolute Gasteiger partial charge is 0.280 e. The van der Waals surface area contributed by atoms with Crippen molar-refractivity contribution in [3.63, 3.8) is 0 Å². The molecule has 3 rings (SSSR count). The molecular weight excluding hydrogens is 367 g/mol. The summed E-state index contributed by atoms with van der Waals surface area (Å²) in [6.45, 7) is 0. The molecule has 26 heavy (non-hydrogen) atoms. The molecule has 2 nitrogen and oxygen atoms in total. The van der Waals surface area contributed by atoms with Gasteiger partial charge in [-0.2, -0.15) is 0 Å². The van der Waals surface area contributed by atoms with Crippen LogP contribution >= 0.6 is 23.2 Å². The van der Waals surface area contributed by atoms with Gasteiger partial charge in [-0.1, -0.05) is 91.0 Å². The van der Waals surface area contributed by atoms with Crippen molar-refractivity contribution in [2.75, 3.05) is 0 Å². The van der Waals surface area contributed by atoms with Crippen molar-refractivity contribution >= 4 is 33.7 Å². The van der Waals surface area contributed by atoms with Crippen molar-refractivity contribution in [2.24, 2.45) is 0 Å². The van der Waals surface area contributed by atoms with Crippen LogP contribution in [0.1, 0.15) is 22.6 Å². The third-order valence-corrected chi connectivity index (χ3v) is 5.14. The SMILES string of the molecule is O=C(Cl)C(C(=O)Cl)(c1ccccc1)C(c1ccccc1)c1ccccc1. The Kier molecular flexibility index (Phi) is 5.55. The third kappa shape index (κ3) is 3.18. The number of hydrogen-bond acceptors (Lipinski definition) is 2. The van der Waals surface area contributed by atoms with Crippen LogP contribution in [0.25, 0.3) is 0 Å². The summed E-state index contributed by atoms with van der Waals surface area (Å²) in [6.07, 6.45) is 0. The first-order chi connectivity index (χ1) is 12.6. The molecule has 0 N–H and O–H groups in total. The van der Waals surface area contributed by atoms with E-state index in [1.165, 1.54) is 0 Å². The topological polar surface area (TPSA) is 34.1 Å². The van der Waals surface area contributed by atoms with Gasteiger partial charge in [0.05, 0.1) is 0 Å². The minimum absolute atomic E-state index is 0.470. The Labute approximate surface area is 162 Å². The predicted molar refractivity (Wildman–Crippen MR) is 105 cm³/mol. The van der Waals surface area contributed by atoms with Crippen LogP contribution in [-0.2, 0) is 15.0 Å². The van der Waals surface area contributed by atoms with E-state index in [1.807, 2.05) is 66.7 Å². The van der Waals surface area contributed by atoms with Gasteiger partial charge in [-0.25, -0.2) is 0 Å². The molecule has 4 heteroatoms. The number of hydrogen-bond donors (Lipinski definition) is 0. The van der Waals surface area contributed by atoms with Crippen LogP contribution in [0.2, 0.25) is 0 Å². The molecule has 0 bridgehead atoms. The highest BCUT2D eigenvalue weighted by molar-refractivity contribution is 6.76. The molecule has 3 aromatic carbocycles. The van der Waals surface area contributed by atoms with Crippen molar-refractivity contribution in [1.82, 2.24) is 0 Å². The standard InChI is InChI=1S/C22H16Cl2O2/c23-20(25)22(21(24)26,18-14-8-3-9-15-18)19(16-10-4-1-5-11-16)17-12-6-2-7-13-17/h1-15,19H. The van der Waals surface area contributed by atoms with E-state index in [9.17, 15) is 9.59 Å². The Morgan fingerprint density at radius 1 is 0.615 bits per heavy atom. The normalized spacial score (nSPS) is 11.3. The monoisotopic (exact) mass is 382 g/mol. The fourth-order valence-corrected chi connectivity index (χ4v) is 4.04. The van der Waals surface area contributed by atoms with Crippen molar-refractivity contribution in [1.29, 1.82) is 0 Å². The Bertz CT molecular complexity index is 840. The average molecular weight is 383 g/mol. The molecule has 0 aliphatic heterocycles. The fourth-order valence-electron chi connectivity index (χ4n) is 3.38. The molecular formula is C22H16Cl2O2. The first-order valence-corrected chi connectivity index (χ1v) is 8.89. The maximum absolute atomic E-state index is 12.8. The molecule has 0 amide bonds. The number of carbonyl (C=O) groups excluding carboxylic acids is 2. The van der Waals surface area contributed by atoms with Gasteiger partial charge in [-0.05, 0) is 39.9 Å². The average Bonchev–Trinajstić information content (AvgIpc) is 2.67.